The Balaban J connectivity index is 1.38. The van der Waals surface area contributed by atoms with E-state index in [-0.39, 0.29) is 10.3 Å². The van der Waals surface area contributed by atoms with Gasteiger partial charge in [-0.05, 0) is 60.4 Å². The number of halogens is 1. The summed E-state index contributed by atoms with van der Waals surface area (Å²) >= 11 is 1.79. The number of aryl methyl sites for hydroxylation is 1. The molecule has 2 aliphatic rings. The van der Waals surface area contributed by atoms with Crippen LogP contribution >= 0.6 is 11.3 Å². The smallest absolute Gasteiger partial charge is 0.243 e. The number of rotatable bonds is 3. The molecule has 1 unspecified atom stereocenters. The molecule has 176 valence electrons. The van der Waals surface area contributed by atoms with Gasteiger partial charge in [0, 0.05) is 31.1 Å². The van der Waals surface area contributed by atoms with E-state index in [9.17, 15) is 12.8 Å². The summed E-state index contributed by atoms with van der Waals surface area (Å²) in [6.07, 6.45) is 4.92. The van der Waals surface area contributed by atoms with Crippen molar-refractivity contribution in [1.82, 2.24) is 14.3 Å². The first-order valence-electron chi connectivity index (χ1n) is 11.4. The molecule has 6 nitrogen and oxygen atoms in total. The van der Waals surface area contributed by atoms with E-state index in [4.69, 9.17) is 0 Å². The van der Waals surface area contributed by atoms with E-state index in [0.717, 1.165) is 28.9 Å². The molecule has 9 heteroatoms. The van der Waals surface area contributed by atoms with Crippen LogP contribution in [0.1, 0.15) is 37.6 Å². The number of benzene rings is 1. The summed E-state index contributed by atoms with van der Waals surface area (Å²) in [5.41, 5.74) is 1.67. The first-order chi connectivity index (χ1) is 15.6. The second-order valence-corrected chi connectivity index (χ2v) is 13.1. The normalized spacial score (nSPS) is 20.2. The van der Waals surface area contributed by atoms with Crippen molar-refractivity contribution in [3.8, 4) is 0 Å². The fourth-order valence-corrected chi connectivity index (χ4v) is 7.65. The molecule has 1 fully saturated rings. The zero-order chi connectivity index (χ0) is 23.4. The zero-order valence-corrected chi connectivity index (χ0v) is 20.8. The van der Waals surface area contributed by atoms with Gasteiger partial charge in [0.05, 0.1) is 10.3 Å². The number of anilines is 1. The molecule has 1 aliphatic carbocycles. The molecule has 3 aromatic rings. The summed E-state index contributed by atoms with van der Waals surface area (Å²) in [6.45, 7) is 8.80. The predicted octanol–water partition coefficient (Wildman–Crippen LogP) is 4.49. The van der Waals surface area contributed by atoms with Gasteiger partial charge in [-0.1, -0.05) is 20.8 Å². The molecule has 1 aromatic carbocycles. The van der Waals surface area contributed by atoms with Crippen molar-refractivity contribution in [2.45, 2.75) is 44.9 Å². The first-order valence-corrected chi connectivity index (χ1v) is 13.7. The largest absolute Gasteiger partial charge is 0.353 e. The molecule has 0 amide bonds. The number of nitrogens with zero attached hydrogens (tertiary/aromatic N) is 4. The topological polar surface area (TPSA) is 66.4 Å². The average molecular weight is 489 g/mol. The fourth-order valence-electron chi connectivity index (χ4n) is 4.97. The lowest BCUT2D eigenvalue weighted by Gasteiger charge is -2.35. The van der Waals surface area contributed by atoms with Gasteiger partial charge < -0.3 is 4.90 Å². The van der Waals surface area contributed by atoms with Crippen LogP contribution in [0.2, 0.25) is 0 Å². The average Bonchev–Trinajstić information content (AvgIpc) is 3.17. The lowest BCUT2D eigenvalue weighted by atomic mass is 9.72. The highest BCUT2D eigenvalue weighted by Crippen LogP contribution is 2.44. The van der Waals surface area contributed by atoms with Crippen LogP contribution in [0.4, 0.5) is 10.2 Å². The molecule has 0 spiro atoms. The minimum absolute atomic E-state index is 0.127. The molecule has 2 aromatic heterocycles. The number of piperazine rings is 1. The van der Waals surface area contributed by atoms with Gasteiger partial charge in [-0.25, -0.2) is 22.8 Å². The SMILES string of the molecule is CC(C)(C)C1CCc2c(sc3ncnc(N4CCN(S(=O)(=O)c5ccc(F)cc5)CC4)c23)C1. The molecular formula is C24H29FN4O2S2. The summed E-state index contributed by atoms with van der Waals surface area (Å²) in [5.74, 6) is 1.14. The van der Waals surface area contributed by atoms with Gasteiger partial charge in [0.1, 0.15) is 22.8 Å². The maximum Gasteiger partial charge on any atom is 0.243 e. The van der Waals surface area contributed by atoms with E-state index in [1.807, 2.05) is 0 Å². The zero-order valence-electron chi connectivity index (χ0n) is 19.2. The first kappa shape index (κ1) is 22.7. The molecule has 3 heterocycles. The number of hydrogen-bond acceptors (Lipinski definition) is 6. The van der Waals surface area contributed by atoms with Crippen LogP contribution in [0.5, 0.6) is 0 Å². The van der Waals surface area contributed by atoms with Gasteiger partial charge in [-0.15, -0.1) is 11.3 Å². The second kappa shape index (κ2) is 8.29. The Morgan fingerprint density at radius 2 is 1.76 bits per heavy atom. The Labute approximate surface area is 198 Å². The van der Waals surface area contributed by atoms with Crippen molar-refractivity contribution in [2.24, 2.45) is 11.3 Å². The minimum Gasteiger partial charge on any atom is -0.353 e. The Morgan fingerprint density at radius 1 is 1.06 bits per heavy atom. The number of aromatic nitrogens is 2. The van der Waals surface area contributed by atoms with Crippen molar-refractivity contribution in [3.05, 3.63) is 46.9 Å². The van der Waals surface area contributed by atoms with Gasteiger partial charge >= 0.3 is 0 Å². The van der Waals surface area contributed by atoms with Crippen molar-refractivity contribution >= 4 is 37.4 Å². The maximum atomic E-state index is 13.2. The monoisotopic (exact) mass is 488 g/mol. The Morgan fingerprint density at radius 3 is 2.42 bits per heavy atom. The van der Waals surface area contributed by atoms with Crippen molar-refractivity contribution < 1.29 is 12.8 Å². The van der Waals surface area contributed by atoms with E-state index in [1.54, 1.807) is 17.7 Å². The standard InChI is InChI=1S/C24H29FN4O2S2/c1-24(2,3)16-4-9-19-20(14-16)32-23-21(19)22(26-15-27-23)28-10-12-29(13-11-28)33(30,31)18-7-5-17(25)6-8-18/h5-8,15-16H,4,9-14H2,1-3H3. The van der Waals surface area contributed by atoms with E-state index in [2.05, 4.69) is 35.6 Å². The van der Waals surface area contributed by atoms with Crippen LogP contribution in [-0.4, -0.2) is 48.9 Å². The van der Waals surface area contributed by atoms with Crippen LogP contribution < -0.4 is 4.90 Å². The predicted molar refractivity (Wildman–Crippen MR) is 130 cm³/mol. The second-order valence-electron chi connectivity index (χ2n) is 10.0. The molecule has 0 radical (unpaired) electrons. The van der Waals surface area contributed by atoms with E-state index >= 15 is 0 Å². The third kappa shape index (κ3) is 4.15. The molecule has 0 N–H and O–H groups in total. The molecule has 33 heavy (non-hydrogen) atoms. The van der Waals surface area contributed by atoms with Crippen molar-refractivity contribution in [2.75, 3.05) is 31.1 Å². The Hall–Kier alpha value is -2.10. The molecule has 1 atom stereocenters. The highest BCUT2D eigenvalue weighted by atomic mass is 32.2. The summed E-state index contributed by atoms with van der Waals surface area (Å²) in [4.78, 5) is 14.0. The number of hydrogen-bond donors (Lipinski definition) is 0. The van der Waals surface area contributed by atoms with Crippen LogP contribution in [0.15, 0.2) is 35.5 Å². The lowest BCUT2D eigenvalue weighted by Crippen LogP contribution is -2.49. The molecule has 0 saturated carbocycles. The molecule has 0 bridgehead atoms. The van der Waals surface area contributed by atoms with Gasteiger partial charge in [-0.2, -0.15) is 4.31 Å². The van der Waals surface area contributed by atoms with Crippen LogP contribution in [0.25, 0.3) is 10.2 Å². The molecular weight excluding hydrogens is 459 g/mol. The van der Waals surface area contributed by atoms with Crippen molar-refractivity contribution in [3.63, 3.8) is 0 Å². The van der Waals surface area contributed by atoms with Crippen molar-refractivity contribution in [1.29, 1.82) is 0 Å². The Kier molecular flexibility index (Phi) is 5.69. The molecule has 1 saturated heterocycles. The van der Waals surface area contributed by atoms with Crippen LogP contribution in [-0.2, 0) is 22.9 Å². The highest BCUT2D eigenvalue weighted by molar-refractivity contribution is 7.89. The summed E-state index contributed by atoms with van der Waals surface area (Å²) in [5, 5.41) is 1.15. The molecule has 5 rings (SSSR count). The minimum atomic E-state index is -3.64. The quantitative estimate of drug-likeness (QED) is 0.543. The van der Waals surface area contributed by atoms with E-state index in [1.165, 1.54) is 45.4 Å². The Bertz CT molecular complexity index is 1270. The van der Waals surface area contributed by atoms with Crippen LogP contribution in [0, 0.1) is 17.2 Å². The third-order valence-electron chi connectivity index (χ3n) is 7.04. The van der Waals surface area contributed by atoms with Gasteiger partial charge in [-0.3, -0.25) is 0 Å². The number of thiophene rings is 1. The maximum absolute atomic E-state index is 13.2. The summed E-state index contributed by atoms with van der Waals surface area (Å²) < 4.78 is 40.7. The van der Waals surface area contributed by atoms with Gasteiger partial charge in [0.15, 0.2) is 0 Å². The van der Waals surface area contributed by atoms with E-state index in [0.29, 0.717) is 32.1 Å². The van der Waals surface area contributed by atoms with E-state index < -0.39 is 15.8 Å². The summed E-state index contributed by atoms with van der Waals surface area (Å²) in [7, 11) is -3.64. The van der Waals surface area contributed by atoms with Gasteiger partial charge in [0.2, 0.25) is 10.0 Å². The third-order valence-corrected chi connectivity index (χ3v) is 10.1. The molecule has 1 aliphatic heterocycles. The van der Waals surface area contributed by atoms with Gasteiger partial charge in [0.25, 0.3) is 0 Å². The fraction of sp³-hybridized carbons (Fsp3) is 0.500. The summed E-state index contributed by atoms with van der Waals surface area (Å²) in [6, 6.07) is 5.02. The van der Waals surface area contributed by atoms with Crippen LogP contribution in [0.3, 0.4) is 0 Å². The number of fused-ring (bicyclic) bond motifs is 3. The lowest BCUT2D eigenvalue weighted by molar-refractivity contribution is 0.218. The highest BCUT2D eigenvalue weighted by Gasteiger charge is 2.34. The number of sulfonamides is 1.